The number of halogens is 1. The summed E-state index contributed by atoms with van der Waals surface area (Å²) >= 11 is 7.50. The lowest BCUT2D eigenvalue weighted by Crippen LogP contribution is -2.46. The Labute approximate surface area is 193 Å². The van der Waals surface area contributed by atoms with Crippen LogP contribution in [-0.4, -0.2) is 7.38 Å². The molecule has 0 amide bonds. The second-order valence-electron chi connectivity index (χ2n) is 10.3. The van der Waals surface area contributed by atoms with Gasteiger partial charge in [0, 0.05) is 5.54 Å². The standard InChI is InChI=1S/C29H33ClSi/c1-20(2)26-19-27-24(21-15-17-22(18-16-21)29(3,4)5)13-10-14-25(27)28(26)31(6,30)23-11-8-7-9-12-23/h7-20,28H,1-6H3. The zero-order valence-electron chi connectivity index (χ0n) is 19.5. The summed E-state index contributed by atoms with van der Waals surface area (Å²) in [6.07, 6.45) is 2.44. The summed E-state index contributed by atoms with van der Waals surface area (Å²) in [6.45, 7) is 13.7. The largest absolute Gasteiger partial charge is 0.195 e. The fourth-order valence-electron chi connectivity index (χ4n) is 4.86. The number of hydrogen-bond acceptors (Lipinski definition) is 0. The first-order valence-corrected chi connectivity index (χ1v) is 14.9. The van der Waals surface area contributed by atoms with E-state index in [1.807, 2.05) is 0 Å². The summed E-state index contributed by atoms with van der Waals surface area (Å²) in [4.78, 5) is 0. The average molecular weight is 445 g/mol. The number of fused-ring (bicyclic) bond motifs is 1. The topological polar surface area (TPSA) is 0 Å². The lowest BCUT2D eigenvalue weighted by atomic mass is 9.86. The molecule has 0 N–H and O–H groups in total. The van der Waals surface area contributed by atoms with Crippen molar-refractivity contribution < 1.29 is 0 Å². The number of rotatable bonds is 4. The molecule has 4 rings (SSSR count). The van der Waals surface area contributed by atoms with Crippen LogP contribution in [0.4, 0.5) is 0 Å². The van der Waals surface area contributed by atoms with E-state index in [9.17, 15) is 0 Å². The summed E-state index contributed by atoms with van der Waals surface area (Å²) in [7, 11) is -2.28. The lowest BCUT2D eigenvalue weighted by Gasteiger charge is -2.32. The van der Waals surface area contributed by atoms with Crippen LogP contribution in [0, 0.1) is 5.92 Å². The highest BCUT2D eigenvalue weighted by molar-refractivity contribution is 7.27. The molecular weight excluding hydrogens is 412 g/mol. The van der Waals surface area contributed by atoms with Gasteiger partial charge in [0.05, 0.1) is 0 Å². The van der Waals surface area contributed by atoms with Gasteiger partial charge < -0.3 is 0 Å². The second kappa shape index (κ2) is 8.11. The zero-order valence-corrected chi connectivity index (χ0v) is 21.3. The van der Waals surface area contributed by atoms with Gasteiger partial charge in [-0.3, -0.25) is 0 Å². The molecule has 0 saturated carbocycles. The SMILES string of the molecule is CC(C)C1=Cc2c(-c3ccc(C(C)(C)C)cc3)cccc2C1[Si](C)(Cl)c1ccccc1. The van der Waals surface area contributed by atoms with Crippen LogP contribution >= 0.6 is 11.1 Å². The van der Waals surface area contributed by atoms with Gasteiger partial charge in [-0.1, -0.05) is 126 Å². The summed E-state index contributed by atoms with van der Waals surface area (Å²) in [5.74, 6) is 0.461. The highest BCUT2D eigenvalue weighted by Gasteiger charge is 2.44. The molecule has 0 aliphatic heterocycles. The molecule has 160 valence electrons. The molecular formula is C29H33ClSi. The van der Waals surface area contributed by atoms with E-state index in [4.69, 9.17) is 11.1 Å². The molecule has 0 nitrogen and oxygen atoms in total. The molecule has 0 saturated heterocycles. The molecule has 3 aromatic carbocycles. The first kappa shape index (κ1) is 22.1. The third-order valence-corrected chi connectivity index (χ3v) is 11.2. The summed E-state index contributed by atoms with van der Waals surface area (Å²) in [5, 5.41) is 1.31. The monoisotopic (exact) mass is 444 g/mol. The minimum absolute atomic E-state index is 0.161. The van der Waals surface area contributed by atoms with E-state index in [1.165, 1.54) is 38.6 Å². The van der Waals surface area contributed by atoms with Crippen molar-refractivity contribution in [2.45, 2.75) is 52.1 Å². The number of allylic oxidation sites excluding steroid dienone is 1. The molecule has 0 bridgehead atoms. The van der Waals surface area contributed by atoms with Crippen LogP contribution in [0.25, 0.3) is 17.2 Å². The fourth-order valence-corrected chi connectivity index (χ4v) is 9.03. The molecule has 2 unspecified atom stereocenters. The molecule has 1 aliphatic rings. The maximum atomic E-state index is 7.50. The molecule has 3 aromatic rings. The van der Waals surface area contributed by atoms with Gasteiger partial charge in [-0.05, 0) is 44.3 Å². The Morgan fingerprint density at radius 1 is 0.839 bits per heavy atom. The van der Waals surface area contributed by atoms with Crippen molar-refractivity contribution in [1.82, 2.24) is 0 Å². The van der Waals surface area contributed by atoms with E-state index in [1.54, 1.807) is 0 Å². The van der Waals surface area contributed by atoms with Gasteiger partial charge in [-0.2, -0.15) is 11.1 Å². The predicted octanol–water partition coefficient (Wildman–Crippen LogP) is 8.05. The Hall–Kier alpha value is -2.09. The molecule has 0 spiro atoms. The molecule has 2 heteroatoms. The Morgan fingerprint density at radius 2 is 1.48 bits per heavy atom. The highest BCUT2D eigenvalue weighted by Crippen LogP contribution is 2.49. The Kier molecular flexibility index (Phi) is 5.79. The highest BCUT2D eigenvalue weighted by atomic mass is 35.6. The van der Waals surface area contributed by atoms with E-state index in [2.05, 4.69) is 120 Å². The van der Waals surface area contributed by atoms with E-state index in [-0.39, 0.29) is 5.41 Å². The average Bonchev–Trinajstić information content (AvgIpc) is 3.15. The van der Waals surface area contributed by atoms with Gasteiger partial charge >= 0.3 is 0 Å². The van der Waals surface area contributed by atoms with Gasteiger partial charge in [-0.15, -0.1) is 0 Å². The molecule has 2 atom stereocenters. The van der Waals surface area contributed by atoms with E-state index >= 15 is 0 Å². The maximum Gasteiger partial charge on any atom is 0.195 e. The van der Waals surface area contributed by atoms with E-state index in [0.29, 0.717) is 11.5 Å². The van der Waals surface area contributed by atoms with Crippen LogP contribution in [-0.2, 0) is 5.41 Å². The zero-order chi connectivity index (χ0) is 22.4. The third-order valence-electron chi connectivity index (χ3n) is 6.70. The Morgan fingerprint density at radius 3 is 2.06 bits per heavy atom. The summed E-state index contributed by atoms with van der Waals surface area (Å²) in [6, 6.07) is 26.6. The molecule has 0 heterocycles. The minimum Gasteiger partial charge on any atom is -0.160 e. The molecule has 31 heavy (non-hydrogen) atoms. The van der Waals surface area contributed by atoms with Crippen LogP contribution in [0.15, 0.2) is 78.4 Å². The quantitative estimate of drug-likeness (QED) is 0.282. The smallest absolute Gasteiger partial charge is 0.160 e. The predicted molar refractivity (Wildman–Crippen MR) is 140 cm³/mol. The van der Waals surface area contributed by atoms with Crippen LogP contribution in [0.5, 0.6) is 0 Å². The molecule has 1 aliphatic carbocycles. The Bertz CT molecular complexity index is 1100. The lowest BCUT2D eigenvalue weighted by molar-refractivity contribution is 0.590. The van der Waals surface area contributed by atoms with E-state index < -0.39 is 7.38 Å². The summed E-state index contributed by atoms with van der Waals surface area (Å²) < 4.78 is 0. The maximum absolute atomic E-state index is 7.50. The third kappa shape index (κ3) is 4.06. The minimum atomic E-state index is -2.28. The van der Waals surface area contributed by atoms with Crippen molar-refractivity contribution in [2.24, 2.45) is 5.92 Å². The van der Waals surface area contributed by atoms with Crippen molar-refractivity contribution in [1.29, 1.82) is 0 Å². The van der Waals surface area contributed by atoms with Crippen LogP contribution in [0.3, 0.4) is 0 Å². The van der Waals surface area contributed by atoms with Crippen molar-refractivity contribution in [3.8, 4) is 11.1 Å². The van der Waals surface area contributed by atoms with Crippen molar-refractivity contribution in [3.63, 3.8) is 0 Å². The van der Waals surface area contributed by atoms with Crippen molar-refractivity contribution in [3.05, 3.63) is 95.1 Å². The number of benzene rings is 3. The first-order chi connectivity index (χ1) is 14.6. The van der Waals surface area contributed by atoms with Crippen molar-refractivity contribution in [2.75, 3.05) is 0 Å². The van der Waals surface area contributed by atoms with Gasteiger partial charge in [0.2, 0.25) is 0 Å². The second-order valence-corrected chi connectivity index (χ2v) is 16.0. The van der Waals surface area contributed by atoms with Gasteiger partial charge in [0.15, 0.2) is 7.38 Å². The van der Waals surface area contributed by atoms with Gasteiger partial charge in [-0.25, -0.2) is 0 Å². The normalized spacial score (nSPS) is 17.9. The van der Waals surface area contributed by atoms with Crippen LogP contribution in [0.2, 0.25) is 6.55 Å². The van der Waals surface area contributed by atoms with Gasteiger partial charge in [0.1, 0.15) is 0 Å². The van der Waals surface area contributed by atoms with Crippen LogP contribution < -0.4 is 5.19 Å². The number of hydrogen-bond donors (Lipinski definition) is 0. The molecule has 0 radical (unpaired) electrons. The van der Waals surface area contributed by atoms with Gasteiger partial charge in [0.25, 0.3) is 0 Å². The first-order valence-electron chi connectivity index (χ1n) is 11.3. The van der Waals surface area contributed by atoms with Crippen LogP contribution in [0.1, 0.15) is 56.9 Å². The Balaban J connectivity index is 1.84. The van der Waals surface area contributed by atoms with E-state index in [0.717, 1.165) is 0 Å². The summed E-state index contributed by atoms with van der Waals surface area (Å²) in [5.41, 5.74) is 8.64. The fraction of sp³-hybridized carbons (Fsp3) is 0.310. The molecule has 0 aromatic heterocycles. The molecule has 0 fully saturated rings. The van der Waals surface area contributed by atoms with Crippen molar-refractivity contribution >= 4 is 29.7 Å².